The zero-order chi connectivity index (χ0) is 16.2. The van der Waals surface area contributed by atoms with E-state index in [0.717, 1.165) is 25.1 Å². The van der Waals surface area contributed by atoms with Crippen molar-refractivity contribution in [3.63, 3.8) is 0 Å². The Bertz CT molecular complexity index is 673. The first kappa shape index (κ1) is 16.1. The standard InChI is InChI=1S/C19H22N2OS/c1-14(16-6-4-9-20-12-16)11-19(22)21-10-8-15-5-3-7-18(23-2)17(15)13-21/h3-7,9,12,14H,8,10-11,13H2,1-2H3. The van der Waals surface area contributed by atoms with Crippen LogP contribution in [0.3, 0.4) is 0 Å². The molecule has 0 saturated heterocycles. The Hall–Kier alpha value is -1.81. The summed E-state index contributed by atoms with van der Waals surface area (Å²) in [5.74, 6) is 0.441. The lowest BCUT2D eigenvalue weighted by molar-refractivity contribution is -0.132. The van der Waals surface area contributed by atoms with E-state index in [1.165, 1.54) is 16.0 Å². The molecule has 2 aromatic rings. The molecule has 1 atom stereocenters. The van der Waals surface area contributed by atoms with Gasteiger partial charge in [0.25, 0.3) is 0 Å². The topological polar surface area (TPSA) is 33.2 Å². The van der Waals surface area contributed by atoms with Gasteiger partial charge in [0.05, 0.1) is 0 Å². The summed E-state index contributed by atoms with van der Waals surface area (Å²) >= 11 is 1.76. The molecule has 0 saturated carbocycles. The number of hydrogen-bond donors (Lipinski definition) is 0. The molecule has 0 N–H and O–H groups in total. The Morgan fingerprint density at radius 1 is 1.35 bits per heavy atom. The molecule has 1 aromatic carbocycles. The molecule has 1 aromatic heterocycles. The predicted octanol–water partition coefficient (Wildman–Crippen LogP) is 3.88. The molecule has 0 aliphatic carbocycles. The second-order valence-electron chi connectivity index (χ2n) is 6.05. The number of pyridine rings is 1. The molecule has 3 rings (SSSR count). The number of rotatable bonds is 4. The zero-order valence-corrected chi connectivity index (χ0v) is 14.5. The lowest BCUT2D eigenvalue weighted by Gasteiger charge is -2.31. The molecule has 0 bridgehead atoms. The molecule has 23 heavy (non-hydrogen) atoms. The first-order valence-corrected chi connectivity index (χ1v) is 9.24. The van der Waals surface area contributed by atoms with Crippen LogP contribution in [0, 0.1) is 0 Å². The molecular weight excluding hydrogens is 304 g/mol. The molecule has 0 spiro atoms. The second-order valence-corrected chi connectivity index (χ2v) is 6.90. The monoisotopic (exact) mass is 326 g/mol. The van der Waals surface area contributed by atoms with E-state index in [1.54, 1.807) is 18.0 Å². The summed E-state index contributed by atoms with van der Waals surface area (Å²) in [4.78, 5) is 20.1. The fourth-order valence-electron chi connectivity index (χ4n) is 3.13. The number of amides is 1. The Morgan fingerprint density at radius 2 is 2.22 bits per heavy atom. The number of benzene rings is 1. The van der Waals surface area contributed by atoms with E-state index in [2.05, 4.69) is 36.4 Å². The Morgan fingerprint density at radius 3 is 2.96 bits per heavy atom. The van der Waals surface area contributed by atoms with Crippen LogP contribution in [-0.2, 0) is 17.8 Å². The normalized spacial score (nSPS) is 15.1. The van der Waals surface area contributed by atoms with Gasteiger partial charge in [0, 0.05) is 36.8 Å². The van der Waals surface area contributed by atoms with Gasteiger partial charge in [-0.25, -0.2) is 0 Å². The summed E-state index contributed by atoms with van der Waals surface area (Å²) < 4.78 is 0. The van der Waals surface area contributed by atoms with E-state index in [1.807, 2.05) is 23.2 Å². The first-order valence-electron chi connectivity index (χ1n) is 8.01. The highest BCUT2D eigenvalue weighted by molar-refractivity contribution is 7.98. The molecule has 3 nitrogen and oxygen atoms in total. The maximum atomic E-state index is 12.7. The second kappa shape index (κ2) is 7.18. The van der Waals surface area contributed by atoms with Gasteiger partial charge >= 0.3 is 0 Å². The number of fused-ring (bicyclic) bond motifs is 1. The maximum Gasteiger partial charge on any atom is 0.223 e. The summed E-state index contributed by atoms with van der Waals surface area (Å²) in [7, 11) is 0. The number of nitrogens with zero attached hydrogens (tertiary/aromatic N) is 2. The van der Waals surface area contributed by atoms with Crippen LogP contribution in [0.2, 0.25) is 0 Å². The van der Waals surface area contributed by atoms with Gasteiger partial charge in [0.15, 0.2) is 0 Å². The summed E-state index contributed by atoms with van der Waals surface area (Å²) in [6, 6.07) is 10.4. The van der Waals surface area contributed by atoms with Crippen LogP contribution in [0.4, 0.5) is 0 Å². The van der Waals surface area contributed by atoms with Crippen molar-refractivity contribution in [2.45, 2.75) is 37.1 Å². The Kier molecular flexibility index (Phi) is 5.01. The molecule has 0 fully saturated rings. The SMILES string of the molecule is CSc1cccc2c1CN(C(=O)CC(C)c1cccnc1)CC2. The average Bonchev–Trinajstić information content (AvgIpc) is 2.61. The summed E-state index contributed by atoms with van der Waals surface area (Å²) in [5, 5.41) is 0. The average molecular weight is 326 g/mol. The van der Waals surface area contributed by atoms with Crippen molar-refractivity contribution in [1.29, 1.82) is 0 Å². The van der Waals surface area contributed by atoms with Gasteiger partial charge in [-0.1, -0.05) is 25.1 Å². The number of carbonyl (C=O) groups is 1. The number of thioether (sulfide) groups is 1. The smallest absolute Gasteiger partial charge is 0.223 e. The summed E-state index contributed by atoms with van der Waals surface area (Å²) in [6.45, 7) is 3.66. The Balaban J connectivity index is 1.70. The first-order chi connectivity index (χ1) is 11.2. The van der Waals surface area contributed by atoms with E-state index >= 15 is 0 Å². The van der Waals surface area contributed by atoms with Gasteiger partial charge in [-0.2, -0.15) is 0 Å². The predicted molar refractivity (Wildman–Crippen MR) is 94.6 cm³/mol. The van der Waals surface area contributed by atoms with Gasteiger partial charge in [-0.05, 0) is 47.4 Å². The highest BCUT2D eigenvalue weighted by Gasteiger charge is 2.23. The van der Waals surface area contributed by atoms with E-state index in [4.69, 9.17) is 0 Å². The van der Waals surface area contributed by atoms with Crippen molar-refractivity contribution in [1.82, 2.24) is 9.88 Å². The van der Waals surface area contributed by atoms with E-state index in [9.17, 15) is 4.79 Å². The third-order valence-electron chi connectivity index (χ3n) is 4.54. The molecule has 0 radical (unpaired) electrons. The van der Waals surface area contributed by atoms with Crippen molar-refractivity contribution in [3.8, 4) is 0 Å². The maximum absolute atomic E-state index is 12.7. The van der Waals surface area contributed by atoms with Gasteiger partial charge in [-0.15, -0.1) is 11.8 Å². The largest absolute Gasteiger partial charge is 0.338 e. The van der Waals surface area contributed by atoms with E-state index in [0.29, 0.717) is 6.42 Å². The van der Waals surface area contributed by atoms with Gasteiger partial charge in [0.2, 0.25) is 5.91 Å². The molecule has 1 amide bonds. The minimum Gasteiger partial charge on any atom is -0.338 e. The lowest BCUT2D eigenvalue weighted by Crippen LogP contribution is -2.36. The number of hydrogen-bond acceptors (Lipinski definition) is 3. The zero-order valence-electron chi connectivity index (χ0n) is 13.7. The molecule has 1 aliphatic rings. The minimum atomic E-state index is 0.202. The lowest BCUT2D eigenvalue weighted by atomic mass is 9.96. The summed E-state index contributed by atoms with van der Waals surface area (Å²) in [5.41, 5.74) is 3.85. The van der Waals surface area contributed by atoms with E-state index in [-0.39, 0.29) is 11.8 Å². The van der Waals surface area contributed by atoms with Crippen molar-refractivity contribution in [2.24, 2.45) is 0 Å². The van der Waals surface area contributed by atoms with Crippen molar-refractivity contribution < 1.29 is 4.79 Å². The molecule has 2 heterocycles. The molecular formula is C19H22N2OS. The van der Waals surface area contributed by atoms with Crippen LogP contribution >= 0.6 is 11.8 Å². The molecule has 1 aliphatic heterocycles. The van der Waals surface area contributed by atoms with Gasteiger partial charge < -0.3 is 4.90 Å². The van der Waals surface area contributed by atoms with Crippen LogP contribution in [0.1, 0.15) is 36.0 Å². The third-order valence-corrected chi connectivity index (χ3v) is 5.36. The van der Waals surface area contributed by atoms with Crippen molar-refractivity contribution >= 4 is 17.7 Å². The molecule has 4 heteroatoms. The Labute approximate surface area is 142 Å². The van der Waals surface area contributed by atoms with E-state index < -0.39 is 0 Å². The quantitative estimate of drug-likeness (QED) is 0.799. The number of aromatic nitrogens is 1. The van der Waals surface area contributed by atoms with Crippen LogP contribution in [0.5, 0.6) is 0 Å². The van der Waals surface area contributed by atoms with Crippen LogP contribution in [-0.4, -0.2) is 28.6 Å². The van der Waals surface area contributed by atoms with Crippen LogP contribution in [0.25, 0.3) is 0 Å². The van der Waals surface area contributed by atoms with Crippen molar-refractivity contribution in [3.05, 3.63) is 59.4 Å². The fraction of sp³-hybridized carbons (Fsp3) is 0.368. The third kappa shape index (κ3) is 3.58. The minimum absolute atomic E-state index is 0.202. The molecule has 120 valence electrons. The van der Waals surface area contributed by atoms with Crippen LogP contribution in [0.15, 0.2) is 47.6 Å². The highest BCUT2D eigenvalue weighted by Crippen LogP contribution is 2.29. The molecule has 1 unspecified atom stereocenters. The summed E-state index contributed by atoms with van der Waals surface area (Å²) in [6.07, 6.45) is 7.22. The number of carbonyl (C=O) groups excluding carboxylic acids is 1. The van der Waals surface area contributed by atoms with Gasteiger partial charge in [0.1, 0.15) is 0 Å². The van der Waals surface area contributed by atoms with Gasteiger partial charge in [-0.3, -0.25) is 9.78 Å². The highest BCUT2D eigenvalue weighted by atomic mass is 32.2. The van der Waals surface area contributed by atoms with Crippen molar-refractivity contribution in [2.75, 3.05) is 12.8 Å². The van der Waals surface area contributed by atoms with Crippen LogP contribution < -0.4 is 0 Å². The fourth-order valence-corrected chi connectivity index (χ4v) is 3.79.